The molecule has 0 aliphatic carbocycles. The third-order valence-electron chi connectivity index (χ3n) is 6.04. The number of anilines is 1. The lowest BCUT2D eigenvalue weighted by Crippen LogP contribution is -2.34. The van der Waals surface area contributed by atoms with Gasteiger partial charge in [-0.25, -0.2) is 0 Å². The number of nitrogens with zero attached hydrogens (tertiary/aromatic N) is 4. The van der Waals surface area contributed by atoms with Crippen LogP contribution in [0.5, 0.6) is 5.75 Å². The molecular weight excluding hydrogens is 336 g/mol. The largest absolute Gasteiger partial charge is 0.495 e. The smallest absolute Gasteiger partial charge is 0.142 e. The van der Waals surface area contributed by atoms with Gasteiger partial charge in [0.25, 0.3) is 0 Å². The topological polar surface area (TPSA) is 33.5 Å². The Morgan fingerprint density at radius 2 is 1.78 bits per heavy atom. The van der Waals surface area contributed by atoms with Crippen molar-refractivity contribution in [2.45, 2.75) is 52.1 Å². The summed E-state index contributed by atoms with van der Waals surface area (Å²) in [5, 5.41) is 4.69. The van der Waals surface area contributed by atoms with Crippen LogP contribution in [0.15, 0.2) is 24.3 Å². The molecule has 5 heteroatoms. The van der Waals surface area contributed by atoms with Crippen LogP contribution in [0.1, 0.15) is 48.7 Å². The highest BCUT2D eigenvalue weighted by Crippen LogP contribution is 2.32. The molecule has 0 atom stereocenters. The molecule has 1 aromatic heterocycles. The fraction of sp³-hybridized carbons (Fsp3) is 0.591. The molecule has 0 spiro atoms. The summed E-state index contributed by atoms with van der Waals surface area (Å²) in [5.74, 6) is 1.02. The number of aromatic nitrogens is 2. The van der Waals surface area contributed by atoms with Crippen molar-refractivity contribution in [3.05, 3.63) is 41.2 Å². The Morgan fingerprint density at radius 3 is 2.41 bits per heavy atom. The average molecular weight is 369 g/mol. The van der Waals surface area contributed by atoms with E-state index in [9.17, 15) is 0 Å². The lowest BCUT2D eigenvalue weighted by atomic mass is 10.0. The van der Waals surface area contributed by atoms with E-state index in [-0.39, 0.29) is 0 Å². The molecule has 3 heterocycles. The van der Waals surface area contributed by atoms with E-state index in [0.717, 1.165) is 44.2 Å². The number of ether oxygens (including phenoxy) is 1. The standard InChI is InChI=1S/C22H32N4O/c1-17-14-18(2)26(23-17)20-8-12-24(13-9-20)16-19-6-7-21(22(15-19)27-3)25-10-4-5-11-25/h6-7,14-15,20H,4-5,8-13,16H2,1-3H3. The van der Waals surface area contributed by atoms with Gasteiger partial charge >= 0.3 is 0 Å². The van der Waals surface area contributed by atoms with Gasteiger partial charge in [-0.05, 0) is 63.3 Å². The first-order valence-electron chi connectivity index (χ1n) is 10.3. The van der Waals surface area contributed by atoms with Crippen LogP contribution in [-0.4, -0.2) is 48.0 Å². The van der Waals surface area contributed by atoms with Crippen LogP contribution in [0.4, 0.5) is 5.69 Å². The summed E-state index contributed by atoms with van der Waals surface area (Å²) in [5.41, 5.74) is 5.01. The quantitative estimate of drug-likeness (QED) is 0.800. The number of aryl methyl sites for hydroxylation is 2. The fourth-order valence-electron chi connectivity index (χ4n) is 4.64. The Kier molecular flexibility index (Phi) is 5.39. The molecule has 2 aromatic rings. The second-order valence-electron chi connectivity index (χ2n) is 8.08. The van der Waals surface area contributed by atoms with Crippen molar-refractivity contribution in [2.75, 3.05) is 38.2 Å². The first kappa shape index (κ1) is 18.4. The molecule has 0 saturated carbocycles. The SMILES string of the molecule is COc1cc(CN2CCC(n3nc(C)cc3C)CC2)ccc1N1CCCC1. The molecule has 2 aliphatic heterocycles. The summed E-state index contributed by atoms with van der Waals surface area (Å²) >= 11 is 0. The van der Waals surface area contributed by atoms with Crippen molar-refractivity contribution >= 4 is 5.69 Å². The van der Waals surface area contributed by atoms with E-state index >= 15 is 0 Å². The van der Waals surface area contributed by atoms with Gasteiger partial charge in [0.05, 0.1) is 24.5 Å². The summed E-state index contributed by atoms with van der Waals surface area (Å²) in [4.78, 5) is 5.01. The fourth-order valence-corrected chi connectivity index (χ4v) is 4.64. The maximum absolute atomic E-state index is 5.71. The minimum Gasteiger partial charge on any atom is -0.495 e. The molecule has 2 saturated heterocycles. The van der Waals surface area contributed by atoms with Crippen LogP contribution in [0.2, 0.25) is 0 Å². The van der Waals surface area contributed by atoms with Gasteiger partial charge in [0.1, 0.15) is 5.75 Å². The molecule has 0 unspecified atom stereocenters. The van der Waals surface area contributed by atoms with E-state index in [4.69, 9.17) is 4.74 Å². The van der Waals surface area contributed by atoms with Crippen molar-refractivity contribution < 1.29 is 4.74 Å². The molecule has 5 nitrogen and oxygen atoms in total. The predicted molar refractivity (Wildman–Crippen MR) is 110 cm³/mol. The molecule has 27 heavy (non-hydrogen) atoms. The van der Waals surface area contributed by atoms with Crippen LogP contribution in [-0.2, 0) is 6.54 Å². The second kappa shape index (κ2) is 7.93. The van der Waals surface area contributed by atoms with Gasteiger partial charge in [-0.2, -0.15) is 5.10 Å². The minimum absolute atomic E-state index is 0.544. The van der Waals surface area contributed by atoms with Crippen molar-refractivity contribution in [1.82, 2.24) is 14.7 Å². The first-order valence-corrected chi connectivity index (χ1v) is 10.3. The van der Waals surface area contributed by atoms with Gasteiger partial charge in [0, 0.05) is 38.4 Å². The van der Waals surface area contributed by atoms with E-state index < -0.39 is 0 Å². The lowest BCUT2D eigenvalue weighted by Gasteiger charge is -2.32. The number of piperidine rings is 1. The maximum Gasteiger partial charge on any atom is 0.142 e. The van der Waals surface area contributed by atoms with Gasteiger partial charge < -0.3 is 9.64 Å². The Bertz CT molecular complexity index is 771. The Morgan fingerprint density at radius 1 is 1.04 bits per heavy atom. The number of benzene rings is 1. The molecule has 2 fully saturated rings. The summed E-state index contributed by atoms with van der Waals surface area (Å²) in [6, 6.07) is 9.49. The number of methoxy groups -OCH3 is 1. The molecule has 0 bridgehead atoms. The van der Waals surface area contributed by atoms with E-state index in [0.29, 0.717) is 6.04 Å². The number of hydrogen-bond acceptors (Lipinski definition) is 4. The van der Waals surface area contributed by atoms with Gasteiger partial charge in [-0.3, -0.25) is 9.58 Å². The molecule has 146 valence electrons. The number of rotatable bonds is 5. The number of hydrogen-bond donors (Lipinski definition) is 0. The van der Waals surface area contributed by atoms with Gasteiger partial charge in [0.2, 0.25) is 0 Å². The van der Waals surface area contributed by atoms with Crippen molar-refractivity contribution in [3.8, 4) is 5.75 Å². The van der Waals surface area contributed by atoms with E-state index in [1.165, 1.54) is 42.6 Å². The highest BCUT2D eigenvalue weighted by Gasteiger charge is 2.23. The van der Waals surface area contributed by atoms with E-state index in [1.54, 1.807) is 7.11 Å². The van der Waals surface area contributed by atoms with Crippen molar-refractivity contribution in [1.29, 1.82) is 0 Å². The molecule has 0 N–H and O–H groups in total. The van der Waals surface area contributed by atoms with Crippen LogP contribution in [0, 0.1) is 13.8 Å². The van der Waals surface area contributed by atoms with Gasteiger partial charge in [-0.15, -0.1) is 0 Å². The van der Waals surface area contributed by atoms with Crippen molar-refractivity contribution in [2.24, 2.45) is 0 Å². The molecule has 0 amide bonds. The summed E-state index contributed by atoms with van der Waals surface area (Å²) in [7, 11) is 1.79. The molecule has 1 aromatic carbocycles. The number of likely N-dealkylation sites (tertiary alicyclic amines) is 1. The summed E-state index contributed by atoms with van der Waals surface area (Å²) < 4.78 is 7.94. The third kappa shape index (κ3) is 3.98. The monoisotopic (exact) mass is 368 g/mol. The van der Waals surface area contributed by atoms with E-state index in [2.05, 4.69) is 57.7 Å². The first-order chi connectivity index (χ1) is 13.1. The predicted octanol–water partition coefficient (Wildman–Crippen LogP) is 3.95. The van der Waals surface area contributed by atoms with Gasteiger partial charge in [0.15, 0.2) is 0 Å². The summed E-state index contributed by atoms with van der Waals surface area (Å²) in [6.45, 7) is 9.79. The molecule has 4 rings (SSSR count). The Hall–Kier alpha value is -2.01. The highest BCUT2D eigenvalue weighted by molar-refractivity contribution is 5.60. The zero-order valence-corrected chi connectivity index (χ0v) is 16.9. The minimum atomic E-state index is 0.544. The average Bonchev–Trinajstić information content (AvgIpc) is 3.32. The summed E-state index contributed by atoms with van der Waals surface area (Å²) in [6.07, 6.45) is 4.92. The molecular formula is C22H32N4O. The van der Waals surface area contributed by atoms with E-state index in [1.807, 2.05) is 0 Å². The van der Waals surface area contributed by atoms with Crippen LogP contribution in [0.3, 0.4) is 0 Å². The zero-order valence-electron chi connectivity index (χ0n) is 16.9. The lowest BCUT2D eigenvalue weighted by molar-refractivity contribution is 0.172. The zero-order chi connectivity index (χ0) is 18.8. The normalized spacial score (nSPS) is 19.0. The van der Waals surface area contributed by atoms with Crippen LogP contribution >= 0.6 is 0 Å². The van der Waals surface area contributed by atoms with Crippen LogP contribution in [0.25, 0.3) is 0 Å². The Balaban J connectivity index is 1.38. The Labute approximate surface area is 162 Å². The maximum atomic E-state index is 5.71. The van der Waals surface area contributed by atoms with Gasteiger partial charge in [-0.1, -0.05) is 6.07 Å². The molecule has 0 radical (unpaired) electrons. The van der Waals surface area contributed by atoms with Crippen LogP contribution < -0.4 is 9.64 Å². The molecule has 2 aliphatic rings. The third-order valence-corrected chi connectivity index (χ3v) is 6.04. The highest BCUT2D eigenvalue weighted by atomic mass is 16.5. The van der Waals surface area contributed by atoms with Crippen molar-refractivity contribution in [3.63, 3.8) is 0 Å². The second-order valence-corrected chi connectivity index (χ2v) is 8.08.